The number of aromatic nitrogens is 3. The van der Waals surface area contributed by atoms with E-state index in [4.69, 9.17) is 9.47 Å². The molecule has 0 atom stereocenters. The number of methoxy groups -OCH3 is 1. The number of hydrogen-bond donors (Lipinski definition) is 3. The van der Waals surface area contributed by atoms with Crippen LogP contribution >= 0.6 is 0 Å². The van der Waals surface area contributed by atoms with Crippen LogP contribution in [-0.2, 0) is 0 Å². The quantitative estimate of drug-likeness (QED) is 0.507. The van der Waals surface area contributed by atoms with Gasteiger partial charge in [-0.2, -0.15) is 0 Å². The van der Waals surface area contributed by atoms with Crippen LogP contribution in [0.25, 0.3) is 22.3 Å². The molecule has 0 spiro atoms. The highest BCUT2D eigenvalue weighted by atomic mass is 19.1. The molecule has 0 bridgehead atoms. The molecule has 1 aliphatic heterocycles. The van der Waals surface area contributed by atoms with Crippen LogP contribution in [0.5, 0.6) is 11.5 Å². The average Bonchev–Trinajstić information content (AvgIpc) is 3.58. The fourth-order valence-electron chi connectivity index (χ4n) is 4.31. The molecular weight excluding hydrogens is 425 g/mol. The van der Waals surface area contributed by atoms with Gasteiger partial charge in [-0.25, -0.2) is 14.4 Å². The molecule has 33 heavy (non-hydrogen) atoms. The van der Waals surface area contributed by atoms with Gasteiger partial charge in [0, 0.05) is 23.4 Å². The normalized spacial score (nSPS) is 16.7. The molecule has 3 heterocycles. The monoisotopic (exact) mass is 453 g/mol. The van der Waals surface area contributed by atoms with E-state index >= 15 is 0 Å². The van der Waals surface area contributed by atoms with Crippen molar-refractivity contribution in [3.8, 4) is 22.8 Å². The van der Waals surface area contributed by atoms with Gasteiger partial charge in [0.2, 0.25) is 0 Å². The zero-order valence-corrected chi connectivity index (χ0v) is 18.8. The van der Waals surface area contributed by atoms with Gasteiger partial charge in [-0.15, -0.1) is 0 Å². The lowest BCUT2D eigenvalue weighted by Crippen LogP contribution is -2.42. The Morgan fingerprint density at radius 2 is 1.97 bits per heavy atom. The van der Waals surface area contributed by atoms with Gasteiger partial charge in [0.1, 0.15) is 23.3 Å². The molecule has 5 rings (SSSR count). The molecule has 0 radical (unpaired) electrons. The number of amides is 1. The average molecular weight is 454 g/mol. The number of hydrogen-bond acceptors (Lipinski definition) is 6. The summed E-state index contributed by atoms with van der Waals surface area (Å²) in [7, 11) is 1.42. The second kappa shape index (κ2) is 8.97. The molecule has 3 N–H and O–H groups in total. The van der Waals surface area contributed by atoms with E-state index in [1.54, 1.807) is 6.07 Å². The topological polar surface area (TPSA) is 101 Å². The lowest BCUT2D eigenvalue weighted by Gasteiger charge is -2.23. The number of rotatable bonds is 7. The van der Waals surface area contributed by atoms with Crippen molar-refractivity contribution in [3.63, 3.8) is 0 Å². The molecule has 2 aliphatic rings. The number of aromatic amines is 1. The van der Waals surface area contributed by atoms with E-state index in [9.17, 15) is 9.18 Å². The zero-order chi connectivity index (χ0) is 22.9. The van der Waals surface area contributed by atoms with Crippen molar-refractivity contribution in [1.29, 1.82) is 0 Å². The molecule has 1 aromatic carbocycles. The minimum Gasteiger partial charge on any atom is -0.494 e. The second-order valence-corrected chi connectivity index (χ2v) is 8.81. The smallest absolute Gasteiger partial charge is 0.255 e. The first-order valence-corrected chi connectivity index (χ1v) is 11.4. The summed E-state index contributed by atoms with van der Waals surface area (Å²) in [6, 6.07) is 3.05. The highest BCUT2D eigenvalue weighted by Crippen LogP contribution is 2.39. The predicted octanol–water partition coefficient (Wildman–Crippen LogP) is 3.35. The van der Waals surface area contributed by atoms with Crippen LogP contribution in [0.3, 0.4) is 0 Å². The standard InChI is InChI=1S/C24H28FN5O3/c1-13-20(24(31)30-15-5-7-26-8-6-15)22-23(29-13)21(27-12-28-22)16-9-17(25)19(32-2)10-18(16)33-11-14-3-4-14/h9-10,12,14-15,26,29H,3-8,11H2,1-2H3,(H,30,31). The Morgan fingerprint density at radius 1 is 1.18 bits per heavy atom. The molecule has 2 aromatic heterocycles. The van der Waals surface area contributed by atoms with Crippen LogP contribution in [-0.4, -0.2) is 53.7 Å². The van der Waals surface area contributed by atoms with Crippen LogP contribution in [0.1, 0.15) is 41.7 Å². The van der Waals surface area contributed by atoms with Gasteiger partial charge in [-0.1, -0.05) is 0 Å². The maximum Gasteiger partial charge on any atom is 0.255 e. The maximum absolute atomic E-state index is 14.7. The summed E-state index contributed by atoms with van der Waals surface area (Å²) in [5, 5.41) is 6.43. The number of benzene rings is 1. The third-order valence-corrected chi connectivity index (χ3v) is 6.35. The summed E-state index contributed by atoms with van der Waals surface area (Å²) in [5.74, 6) is 0.455. The van der Waals surface area contributed by atoms with Crippen LogP contribution < -0.4 is 20.1 Å². The predicted molar refractivity (Wildman–Crippen MR) is 122 cm³/mol. The van der Waals surface area contributed by atoms with Crippen molar-refractivity contribution in [2.45, 2.75) is 38.6 Å². The Balaban J connectivity index is 1.54. The summed E-state index contributed by atoms with van der Waals surface area (Å²) >= 11 is 0. The molecule has 0 unspecified atom stereocenters. The molecule has 1 aliphatic carbocycles. The van der Waals surface area contributed by atoms with Gasteiger partial charge in [-0.05, 0) is 57.7 Å². The molecular formula is C24H28FN5O3. The third-order valence-electron chi connectivity index (χ3n) is 6.35. The van der Waals surface area contributed by atoms with Crippen molar-refractivity contribution in [3.05, 3.63) is 35.5 Å². The second-order valence-electron chi connectivity index (χ2n) is 8.81. The highest BCUT2D eigenvalue weighted by Gasteiger charge is 2.26. The van der Waals surface area contributed by atoms with Crippen molar-refractivity contribution in [1.82, 2.24) is 25.6 Å². The van der Waals surface area contributed by atoms with Gasteiger partial charge in [0.05, 0.1) is 24.8 Å². The largest absolute Gasteiger partial charge is 0.494 e. The van der Waals surface area contributed by atoms with Crippen LogP contribution in [0.2, 0.25) is 0 Å². The first-order chi connectivity index (χ1) is 16.0. The van der Waals surface area contributed by atoms with Gasteiger partial charge >= 0.3 is 0 Å². The summed E-state index contributed by atoms with van der Waals surface area (Å²) < 4.78 is 25.9. The van der Waals surface area contributed by atoms with E-state index in [0.29, 0.717) is 51.8 Å². The molecule has 1 saturated heterocycles. The first kappa shape index (κ1) is 21.6. The van der Waals surface area contributed by atoms with E-state index in [0.717, 1.165) is 38.8 Å². The Hall–Kier alpha value is -3.20. The summed E-state index contributed by atoms with van der Waals surface area (Å²) in [6.07, 6.45) is 5.45. The van der Waals surface area contributed by atoms with E-state index in [1.165, 1.54) is 19.5 Å². The van der Waals surface area contributed by atoms with Crippen molar-refractivity contribution < 1.29 is 18.7 Å². The lowest BCUT2D eigenvalue weighted by atomic mass is 10.1. The fraction of sp³-hybridized carbons (Fsp3) is 0.458. The number of fused-ring (bicyclic) bond motifs is 1. The van der Waals surface area contributed by atoms with Gasteiger partial charge in [-0.3, -0.25) is 4.79 Å². The van der Waals surface area contributed by atoms with Crippen molar-refractivity contribution in [2.75, 3.05) is 26.8 Å². The molecule has 9 heteroatoms. The Kier molecular flexibility index (Phi) is 5.88. The van der Waals surface area contributed by atoms with Crippen molar-refractivity contribution in [2.24, 2.45) is 5.92 Å². The minimum absolute atomic E-state index is 0.111. The van der Waals surface area contributed by atoms with E-state index in [1.807, 2.05) is 6.92 Å². The molecule has 1 saturated carbocycles. The molecule has 174 valence electrons. The SMILES string of the molecule is COc1cc(OCC2CC2)c(-c2ncnc3c(C(=O)NC4CCNCC4)c(C)[nH]c23)cc1F. The summed E-state index contributed by atoms with van der Waals surface area (Å²) in [5.41, 5.74) is 3.23. The van der Waals surface area contributed by atoms with Gasteiger partial charge in [0.15, 0.2) is 11.6 Å². The Morgan fingerprint density at radius 3 is 2.70 bits per heavy atom. The number of ether oxygens (including phenoxy) is 2. The van der Waals surface area contributed by atoms with E-state index in [2.05, 4.69) is 25.6 Å². The summed E-state index contributed by atoms with van der Waals surface area (Å²) in [6.45, 7) is 4.17. The van der Waals surface area contributed by atoms with E-state index < -0.39 is 5.82 Å². The zero-order valence-electron chi connectivity index (χ0n) is 18.8. The molecule has 3 aromatic rings. The Labute approximate surface area is 191 Å². The number of aryl methyl sites for hydroxylation is 1. The van der Waals surface area contributed by atoms with Crippen LogP contribution in [0.4, 0.5) is 4.39 Å². The number of carbonyl (C=O) groups excluding carboxylic acids is 1. The molecule has 2 fully saturated rings. The van der Waals surface area contributed by atoms with Crippen LogP contribution in [0, 0.1) is 18.7 Å². The fourth-order valence-corrected chi connectivity index (χ4v) is 4.31. The van der Waals surface area contributed by atoms with E-state index in [-0.39, 0.29) is 17.7 Å². The molecule has 8 nitrogen and oxygen atoms in total. The Bertz CT molecular complexity index is 1180. The van der Waals surface area contributed by atoms with Crippen LogP contribution in [0.15, 0.2) is 18.5 Å². The minimum atomic E-state index is -0.509. The number of piperidine rings is 1. The number of nitrogens with zero attached hydrogens (tertiary/aromatic N) is 2. The first-order valence-electron chi connectivity index (χ1n) is 11.4. The summed E-state index contributed by atoms with van der Waals surface area (Å²) in [4.78, 5) is 25.2. The third kappa shape index (κ3) is 4.37. The molecule has 1 amide bonds. The maximum atomic E-state index is 14.7. The number of carbonyl (C=O) groups is 1. The highest BCUT2D eigenvalue weighted by molar-refractivity contribution is 6.09. The van der Waals surface area contributed by atoms with Gasteiger partial charge in [0.25, 0.3) is 5.91 Å². The lowest BCUT2D eigenvalue weighted by molar-refractivity contribution is 0.0930. The van der Waals surface area contributed by atoms with Crippen molar-refractivity contribution >= 4 is 16.9 Å². The number of H-pyrrole nitrogens is 1. The number of nitrogens with one attached hydrogen (secondary N) is 3. The van der Waals surface area contributed by atoms with Gasteiger partial charge < -0.3 is 25.1 Å². The number of halogens is 1.